The van der Waals surface area contributed by atoms with Crippen LogP contribution in [0.5, 0.6) is 11.5 Å². The van der Waals surface area contributed by atoms with Gasteiger partial charge in [0.2, 0.25) is 0 Å². The molecule has 0 atom stereocenters. The van der Waals surface area contributed by atoms with E-state index in [1.807, 2.05) is 36.4 Å². The number of hydrogen-bond donors (Lipinski definition) is 1. The topological polar surface area (TPSA) is 63.3 Å². The van der Waals surface area contributed by atoms with Gasteiger partial charge < -0.3 is 29.3 Å². The molecule has 2 aromatic rings. The molecular weight excluding hydrogens is 394 g/mol. The van der Waals surface area contributed by atoms with Crippen molar-refractivity contribution in [1.29, 1.82) is 0 Å². The first-order valence-corrected chi connectivity index (χ1v) is 9.86. The van der Waals surface area contributed by atoms with Gasteiger partial charge >= 0.3 is 6.03 Å². The molecule has 29 heavy (non-hydrogen) atoms. The van der Waals surface area contributed by atoms with Gasteiger partial charge in [0.05, 0.1) is 38.2 Å². The van der Waals surface area contributed by atoms with Crippen molar-refractivity contribution in [3.05, 3.63) is 47.5 Å². The highest BCUT2D eigenvalue weighted by atomic mass is 35.5. The number of amides is 2. The van der Waals surface area contributed by atoms with Gasteiger partial charge in [0.25, 0.3) is 0 Å². The van der Waals surface area contributed by atoms with E-state index in [0.29, 0.717) is 37.1 Å². The maximum Gasteiger partial charge on any atom is 0.321 e. The van der Waals surface area contributed by atoms with Crippen LogP contribution in [-0.2, 0) is 4.74 Å². The molecule has 8 heteroatoms. The minimum atomic E-state index is -0.222. The second-order valence-electron chi connectivity index (χ2n) is 6.64. The highest BCUT2D eigenvalue weighted by Gasteiger charge is 2.18. The first-order valence-electron chi connectivity index (χ1n) is 9.48. The Labute approximate surface area is 176 Å². The van der Waals surface area contributed by atoms with Crippen LogP contribution in [0.15, 0.2) is 42.5 Å². The number of nitrogens with zero attached hydrogens (tertiary/aromatic N) is 2. The van der Waals surface area contributed by atoms with Crippen LogP contribution in [-0.4, -0.2) is 64.5 Å². The molecule has 2 aromatic carbocycles. The molecule has 0 spiro atoms. The van der Waals surface area contributed by atoms with Crippen molar-refractivity contribution in [2.75, 3.05) is 63.8 Å². The predicted octanol–water partition coefficient (Wildman–Crippen LogP) is 3.73. The Morgan fingerprint density at radius 3 is 2.55 bits per heavy atom. The van der Waals surface area contributed by atoms with E-state index in [1.54, 1.807) is 25.1 Å². The Hall–Kier alpha value is -2.64. The van der Waals surface area contributed by atoms with Gasteiger partial charge in [-0.05, 0) is 42.5 Å². The summed E-state index contributed by atoms with van der Waals surface area (Å²) >= 11 is 6.15. The minimum absolute atomic E-state index is 0.222. The maximum atomic E-state index is 12.6. The standard InChI is InChI=1S/C21H26ClN3O4/c1-24(9-14-29-18-6-4-17(27-2)5-7-18)21(26)23-19-15-16(22)3-8-20(19)25-10-12-28-13-11-25/h3-8,15H,9-14H2,1-2H3,(H,23,26). The highest BCUT2D eigenvalue weighted by molar-refractivity contribution is 6.31. The van der Waals surface area contributed by atoms with Crippen LogP contribution in [0.3, 0.4) is 0 Å². The van der Waals surface area contributed by atoms with Crippen molar-refractivity contribution in [3.8, 4) is 11.5 Å². The van der Waals surface area contributed by atoms with Crippen LogP contribution >= 0.6 is 11.6 Å². The van der Waals surface area contributed by atoms with Crippen LogP contribution in [0, 0.1) is 0 Å². The summed E-state index contributed by atoms with van der Waals surface area (Å²) in [4.78, 5) is 16.4. The van der Waals surface area contributed by atoms with Gasteiger partial charge in [-0.25, -0.2) is 4.79 Å². The molecule has 0 unspecified atom stereocenters. The molecule has 0 saturated carbocycles. The number of urea groups is 1. The number of anilines is 2. The molecule has 0 aliphatic carbocycles. The van der Waals surface area contributed by atoms with E-state index < -0.39 is 0 Å². The quantitative estimate of drug-likeness (QED) is 0.740. The summed E-state index contributed by atoms with van der Waals surface area (Å²) < 4.78 is 16.2. The molecule has 2 amide bonds. The molecule has 0 bridgehead atoms. The third-order valence-electron chi connectivity index (χ3n) is 4.65. The van der Waals surface area contributed by atoms with E-state index in [0.717, 1.165) is 30.3 Å². The summed E-state index contributed by atoms with van der Waals surface area (Å²) in [7, 11) is 3.35. The normalized spacial score (nSPS) is 13.7. The lowest BCUT2D eigenvalue weighted by Crippen LogP contribution is -2.38. The van der Waals surface area contributed by atoms with Crippen LogP contribution < -0.4 is 19.7 Å². The maximum absolute atomic E-state index is 12.6. The molecule has 1 saturated heterocycles. The summed E-state index contributed by atoms with van der Waals surface area (Å²) in [6, 6.07) is 12.6. The minimum Gasteiger partial charge on any atom is -0.497 e. The Balaban J connectivity index is 1.55. The van der Waals surface area contributed by atoms with Gasteiger partial charge in [0.15, 0.2) is 0 Å². The van der Waals surface area contributed by atoms with Gasteiger partial charge in [-0.3, -0.25) is 0 Å². The molecule has 7 nitrogen and oxygen atoms in total. The van der Waals surface area contributed by atoms with E-state index in [4.69, 9.17) is 25.8 Å². The van der Waals surface area contributed by atoms with Crippen molar-refractivity contribution in [1.82, 2.24) is 4.90 Å². The smallest absolute Gasteiger partial charge is 0.321 e. The molecule has 156 valence electrons. The number of carbonyl (C=O) groups is 1. The molecule has 0 aromatic heterocycles. The molecule has 1 aliphatic rings. The first-order chi connectivity index (χ1) is 14.1. The molecule has 1 fully saturated rings. The highest BCUT2D eigenvalue weighted by Crippen LogP contribution is 2.30. The Morgan fingerprint density at radius 2 is 1.86 bits per heavy atom. The zero-order chi connectivity index (χ0) is 20.6. The number of likely N-dealkylation sites (N-methyl/N-ethyl adjacent to an activating group) is 1. The van der Waals surface area contributed by atoms with Crippen molar-refractivity contribution in [2.45, 2.75) is 0 Å². The summed E-state index contributed by atoms with van der Waals surface area (Å²) in [5.41, 5.74) is 1.63. The Kier molecular flexibility index (Phi) is 7.43. The predicted molar refractivity (Wildman–Crippen MR) is 115 cm³/mol. The number of rotatable bonds is 7. The molecular formula is C21H26ClN3O4. The molecule has 1 heterocycles. The van der Waals surface area contributed by atoms with Gasteiger partial charge in [-0.15, -0.1) is 0 Å². The largest absolute Gasteiger partial charge is 0.497 e. The number of carbonyl (C=O) groups excluding carboxylic acids is 1. The van der Waals surface area contributed by atoms with E-state index in [1.165, 1.54) is 0 Å². The summed E-state index contributed by atoms with van der Waals surface area (Å²) in [6.45, 7) is 3.69. The van der Waals surface area contributed by atoms with E-state index in [-0.39, 0.29) is 6.03 Å². The van der Waals surface area contributed by atoms with Crippen LogP contribution in [0.4, 0.5) is 16.2 Å². The number of halogens is 1. The van der Waals surface area contributed by atoms with Gasteiger partial charge in [-0.1, -0.05) is 11.6 Å². The van der Waals surface area contributed by atoms with Crippen LogP contribution in [0.2, 0.25) is 5.02 Å². The first kappa shape index (κ1) is 21.1. The number of nitrogens with one attached hydrogen (secondary N) is 1. The molecule has 1 N–H and O–H groups in total. The second-order valence-corrected chi connectivity index (χ2v) is 7.07. The SMILES string of the molecule is COc1ccc(OCCN(C)C(=O)Nc2cc(Cl)ccc2N2CCOCC2)cc1. The third kappa shape index (κ3) is 5.92. The Morgan fingerprint density at radius 1 is 1.17 bits per heavy atom. The lowest BCUT2D eigenvalue weighted by Gasteiger charge is -2.31. The number of benzene rings is 2. The van der Waals surface area contributed by atoms with E-state index in [9.17, 15) is 4.79 Å². The number of morpholine rings is 1. The average molecular weight is 420 g/mol. The van der Waals surface area contributed by atoms with Gasteiger partial charge in [0.1, 0.15) is 18.1 Å². The van der Waals surface area contributed by atoms with Gasteiger partial charge in [0, 0.05) is 25.2 Å². The number of methoxy groups -OCH3 is 1. The second kappa shape index (κ2) is 10.2. The fourth-order valence-corrected chi connectivity index (χ4v) is 3.15. The summed E-state index contributed by atoms with van der Waals surface area (Å²) in [5, 5.41) is 3.53. The summed E-state index contributed by atoms with van der Waals surface area (Å²) in [6.07, 6.45) is 0. The third-order valence-corrected chi connectivity index (χ3v) is 4.89. The molecule has 3 rings (SSSR count). The zero-order valence-electron chi connectivity index (χ0n) is 16.7. The van der Waals surface area contributed by atoms with Crippen LogP contribution in [0.25, 0.3) is 0 Å². The van der Waals surface area contributed by atoms with E-state index >= 15 is 0 Å². The number of ether oxygens (including phenoxy) is 3. The van der Waals surface area contributed by atoms with Crippen molar-refractivity contribution in [3.63, 3.8) is 0 Å². The summed E-state index contributed by atoms with van der Waals surface area (Å²) in [5.74, 6) is 1.50. The van der Waals surface area contributed by atoms with Gasteiger partial charge in [-0.2, -0.15) is 0 Å². The molecule has 0 radical (unpaired) electrons. The fraction of sp³-hybridized carbons (Fsp3) is 0.381. The van der Waals surface area contributed by atoms with Crippen LogP contribution in [0.1, 0.15) is 0 Å². The lowest BCUT2D eigenvalue weighted by atomic mass is 10.2. The zero-order valence-corrected chi connectivity index (χ0v) is 17.4. The number of hydrogen-bond acceptors (Lipinski definition) is 5. The van der Waals surface area contributed by atoms with E-state index in [2.05, 4.69) is 10.2 Å². The lowest BCUT2D eigenvalue weighted by molar-refractivity contribution is 0.123. The Bertz CT molecular complexity index is 810. The average Bonchev–Trinajstić information content (AvgIpc) is 2.75. The van der Waals surface area contributed by atoms with Crippen molar-refractivity contribution >= 4 is 29.0 Å². The monoisotopic (exact) mass is 419 g/mol. The fourth-order valence-electron chi connectivity index (χ4n) is 2.97. The van der Waals surface area contributed by atoms with Crippen molar-refractivity contribution in [2.24, 2.45) is 0 Å². The molecule has 1 aliphatic heterocycles. The van der Waals surface area contributed by atoms with Crippen molar-refractivity contribution < 1.29 is 19.0 Å².